The number of rotatable bonds is 8. The van der Waals surface area contributed by atoms with E-state index in [1.165, 1.54) is 0 Å². The maximum absolute atomic E-state index is 12.4. The number of methoxy groups -OCH3 is 1. The highest BCUT2D eigenvalue weighted by Crippen LogP contribution is 2.19. The van der Waals surface area contributed by atoms with Gasteiger partial charge >= 0.3 is 0 Å². The number of nitrogens with zero attached hydrogens (tertiary/aromatic N) is 1. The van der Waals surface area contributed by atoms with Crippen molar-refractivity contribution < 1.29 is 14.3 Å². The van der Waals surface area contributed by atoms with Gasteiger partial charge in [0.15, 0.2) is 0 Å². The van der Waals surface area contributed by atoms with Crippen LogP contribution in [0.25, 0.3) is 0 Å². The van der Waals surface area contributed by atoms with E-state index in [4.69, 9.17) is 4.74 Å². The molecule has 2 unspecified atom stereocenters. The van der Waals surface area contributed by atoms with Crippen molar-refractivity contribution in [2.45, 2.75) is 58.5 Å². The van der Waals surface area contributed by atoms with Crippen molar-refractivity contribution in [3.05, 3.63) is 0 Å². The summed E-state index contributed by atoms with van der Waals surface area (Å²) in [5, 5.41) is 2.85. The number of nitrogens with one attached hydrogen (secondary N) is 1. The van der Waals surface area contributed by atoms with Crippen LogP contribution in [0.5, 0.6) is 0 Å². The average Bonchev–Trinajstić information content (AvgIpc) is 2.40. The first kappa shape index (κ1) is 17.0. The third kappa shape index (κ3) is 4.47. The summed E-state index contributed by atoms with van der Waals surface area (Å²) in [6, 6.07) is -0.666. The SMILES string of the molecule is CCC1NC(=O)C(CC(C)C)N(CCCCOC)C1=O. The van der Waals surface area contributed by atoms with E-state index in [2.05, 4.69) is 19.2 Å². The van der Waals surface area contributed by atoms with E-state index < -0.39 is 0 Å². The van der Waals surface area contributed by atoms with Crippen LogP contribution in [0.1, 0.15) is 46.5 Å². The Labute approximate surface area is 122 Å². The van der Waals surface area contributed by atoms with Crippen LogP contribution >= 0.6 is 0 Å². The van der Waals surface area contributed by atoms with Gasteiger partial charge in [-0.05, 0) is 31.6 Å². The first-order valence-electron chi connectivity index (χ1n) is 7.61. The lowest BCUT2D eigenvalue weighted by Crippen LogP contribution is -2.63. The van der Waals surface area contributed by atoms with Crippen LogP contribution in [0.2, 0.25) is 0 Å². The van der Waals surface area contributed by atoms with Crippen LogP contribution in [0, 0.1) is 5.92 Å². The predicted octanol–water partition coefficient (Wildman–Crippen LogP) is 1.56. The molecule has 2 atom stereocenters. The molecule has 0 aliphatic carbocycles. The lowest BCUT2D eigenvalue weighted by Gasteiger charge is -2.39. The summed E-state index contributed by atoms with van der Waals surface area (Å²) in [4.78, 5) is 26.4. The molecular weight excluding hydrogens is 256 g/mol. The molecule has 0 spiro atoms. The lowest BCUT2D eigenvalue weighted by atomic mass is 9.97. The van der Waals surface area contributed by atoms with E-state index in [-0.39, 0.29) is 23.9 Å². The molecule has 1 N–H and O–H groups in total. The minimum Gasteiger partial charge on any atom is -0.385 e. The summed E-state index contributed by atoms with van der Waals surface area (Å²) in [5.41, 5.74) is 0. The molecule has 1 saturated heterocycles. The van der Waals surface area contributed by atoms with Gasteiger partial charge in [0.05, 0.1) is 0 Å². The number of carbonyl (C=O) groups excluding carboxylic acids is 2. The Morgan fingerprint density at radius 2 is 2.00 bits per heavy atom. The van der Waals surface area contributed by atoms with Crippen molar-refractivity contribution >= 4 is 11.8 Å². The van der Waals surface area contributed by atoms with Crippen molar-refractivity contribution in [3.8, 4) is 0 Å². The lowest BCUT2D eigenvalue weighted by molar-refractivity contribution is -0.150. The monoisotopic (exact) mass is 284 g/mol. The minimum atomic E-state index is -0.353. The number of piperazine rings is 1. The zero-order valence-corrected chi connectivity index (χ0v) is 13.1. The fraction of sp³-hybridized carbons (Fsp3) is 0.867. The second kappa shape index (κ2) is 8.25. The van der Waals surface area contributed by atoms with Crippen molar-refractivity contribution in [1.29, 1.82) is 0 Å². The molecule has 1 aliphatic heterocycles. The van der Waals surface area contributed by atoms with Gasteiger partial charge in [0.25, 0.3) is 0 Å². The van der Waals surface area contributed by atoms with Crippen molar-refractivity contribution in [2.75, 3.05) is 20.3 Å². The van der Waals surface area contributed by atoms with Crippen LogP contribution in [0.3, 0.4) is 0 Å². The highest BCUT2D eigenvalue weighted by molar-refractivity contribution is 5.96. The van der Waals surface area contributed by atoms with Crippen molar-refractivity contribution in [3.63, 3.8) is 0 Å². The van der Waals surface area contributed by atoms with Crippen molar-refractivity contribution in [1.82, 2.24) is 10.2 Å². The van der Waals surface area contributed by atoms with Gasteiger partial charge in [-0.3, -0.25) is 9.59 Å². The maximum Gasteiger partial charge on any atom is 0.245 e. The van der Waals surface area contributed by atoms with Crippen LogP contribution in [0.4, 0.5) is 0 Å². The predicted molar refractivity (Wildman–Crippen MR) is 78.3 cm³/mol. The maximum atomic E-state index is 12.4. The van der Waals surface area contributed by atoms with Crippen LogP contribution in [-0.4, -0.2) is 49.1 Å². The second-order valence-corrected chi connectivity index (χ2v) is 5.85. The second-order valence-electron chi connectivity index (χ2n) is 5.85. The first-order valence-corrected chi connectivity index (χ1v) is 7.61. The molecule has 0 aromatic carbocycles. The number of ether oxygens (including phenoxy) is 1. The summed E-state index contributed by atoms with van der Waals surface area (Å²) in [6.07, 6.45) is 3.15. The molecule has 5 heteroatoms. The third-order valence-corrected chi connectivity index (χ3v) is 3.68. The summed E-state index contributed by atoms with van der Waals surface area (Å²) in [7, 11) is 1.67. The molecule has 0 saturated carbocycles. The fourth-order valence-electron chi connectivity index (χ4n) is 2.58. The molecule has 0 bridgehead atoms. The molecule has 1 aliphatic rings. The van der Waals surface area contributed by atoms with Crippen LogP contribution in [0.15, 0.2) is 0 Å². The zero-order valence-electron chi connectivity index (χ0n) is 13.1. The smallest absolute Gasteiger partial charge is 0.245 e. The zero-order chi connectivity index (χ0) is 15.1. The molecule has 20 heavy (non-hydrogen) atoms. The molecule has 1 fully saturated rings. The van der Waals surface area contributed by atoms with E-state index in [1.54, 1.807) is 12.0 Å². The summed E-state index contributed by atoms with van der Waals surface area (Å²) < 4.78 is 5.03. The Hall–Kier alpha value is -1.10. The average molecular weight is 284 g/mol. The molecule has 1 heterocycles. The largest absolute Gasteiger partial charge is 0.385 e. The number of hydrogen-bond acceptors (Lipinski definition) is 3. The van der Waals surface area contributed by atoms with Crippen molar-refractivity contribution in [2.24, 2.45) is 5.92 Å². The van der Waals surface area contributed by atoms with Gasteiger partial charge < -0.3 is 15.0 Å². The standard InChI is InChI=1S/C15H28N2O3/c1-5-12-15(19)17(8-6-7-9-20-4)13(10-11(2)3)14(18)16-12/h11-13H,5-10H2,1-4H3,(H,16,18). The molecule has 0 radical (unpaired) electrons. The molecule has 0 aromatic rings. The normalized spacial score (nSPS) is 23.4. The topological polar surface area (TPSA) is 58.6 Å². The number of unbranched alkanes of at least 4 members (excludes halogenated alkanes) is 1. The van der Waals surface area contributed by atoms with Gasteiger partial charge in [-0.25, -0.2) is 0 Å². The van der Waals surface area contributed by atoms with Crippen LogP contribution < -0.4 is 5.32 Å². The Kier molecular flexibility index (Phi) is 6.99. The van der Waals surface area contributed by atoms with Crippen LogP contribution in [-0.2, 0) is 14.3 Å². The molecule has 5 nitrogen and oxygen atoms in total. The summed E-state index contributed by atoms with van der Waals surface area (Å²) in [5.74, 6) is 0.449. The highest BCUT2D eigenvalue weighted by atomic mass is 16.5. The van der Waals surface area contributed by atoms with Gasteiger partial charge in [0.2, 0.25) is 11.8 Å². The van der Waals surface area contributed by atoms with E-state index in [9.17, 15) is 9.59 Å². The molecule has 0 aromatic heterocycles. The fourth-order valence-corrected chi connectivity index (χ4v) is 2.58. The molecular formula is C15H28N2O3. The third-order valence-electron chi connectivity index (χ3n) is 3.68. The number of hydrogen-bond donors (Lipinski definition) is 1. The Balaban J connectivity index is 2.72. The van der Waals surface area contributed by atoms with Gasteiger partial charge in [-0.15, -0.1) is 0 Å². The summed E-state index contributed by atoms with van der Waals surface area (Å²) in [6.45, 7) is 7.41. The number of carbonyl (C=O) groups is 2. The van der Waals surface area contributed by atoms with E-state index in [0.29, 0.717) is 25.5 Å². The Bertz CT molecular complexity index is 331. The first-order chi connectivity index (χ1) is 9.51. The van der Waals surface area contributed by atoms with E-state index >= 15 is 0 Å². The number of amides is 2. The minimum absolute atomic E-state index is 0.00288. The Morgan fingerprint density at radius 1 is 1.30 bits per heavy atom. The quantitative estimate of drug-likeness (QED) is 0.688. The molecule has 2 amide bonds. The van der Waals surface area contributed by atoms with E-state index in [0.717, 1.165) is 19.3 Å². The van der Waals surface area contributed by atoms with Gasteiger partial charge in [-0.1, -0.05) is 20.8 Å². The van der Waals surface area contributed by atoms with Gasteiger partial charge in [-0.2, -0.15) is 0 Å². The Morgan fingerprint density at radius 3 is 2.55 bits per heavy atom. The molecule has 116 valence electrons. The van der Waals surface area contributed by atoms with Gasteiger partial charge in [0, 0.05) is 20.3 Å². The highest BCUT2D eigenvalue weighted by Gasteiger charge is 2.39. The molecule has 1 rings (SSSR count). The summed E-state index contributed by atoms with van der Waals surface area (Å²) >= 11 is 0. The van der Waals surface area contributed by atoms with E-state index in [1.807, 2.05) is 6.92 Å². The van der Waals surface area contributed by atoms with Gasteiger partial charge in [0.1, 0.15) is 12.1 Å².